The van der Waals surface area contributed by atoms with Gasteiger partial charge in [-0.05, 0) is 32.8 Å². The fraction of sp³-hybridized carbons (Fsp3) is 0.692. The van der Waals surface area contributed by atoms with Gasteiger partial charge in [0.05, 0.1) is 11.7 Å². The van der Waals surface area contributed by atoms with Crippen LogP contribution >= 0.6 is 12.4 Å². The van der Waals surface area contributed by atoms with Gasteiger partial charge in [0.25, 0.3) is 0 Å². The molecule has 1 amide bonds. The predicted octanol–water partition coefficient (Wildman–Crippen LogP) is 1.56. The lowest BCUT2D eigenvalue weighted by Gasteiger charge is -2.11. The molecule has 1 aromatic rings. The van der Waals surface area contributed by atoms with E-state index in [0.717, 1.165) is 37.2 Å². The molecule has 0 bridgehead atoms. The van der Waals surface area contributed by atoms with Gasteiger partial charge in [-0.25, -0.2) is 0 Å². The Balaban J connectivity index is 0.00000324. The number of aryl methyl sites for hydroxylation is 3. The summed E-state index contributed by atoms with van der Waals surface area (Å²) >= 11 is 0. The minimum Gasteiger partial charge on any atom is -0.355 e. The Hall–Kier alpha value is -1.07. The fourth-order valence-corrected chi connectivity index (χ4v) is 1.91. The van der Waals surface area contributed by atoms with Crippen molar-refractivity contribution in [1.82, 2.24) is 15.1 Å². The maximum Gasteiger partial charge on any atom is 0.236 e. The zero-order chi connectivity index (χ0) is 13.5. The van der Waals surface area contributed by atoms with Gasteiger partial charge < -0.3 is 11.1 Å². The predicted molar refractivity (Wildman–Crippen MR) is 79.5 cm³/mol. The number of amides is 1. The van der Waals surface area contributed by atoms with Crippen molar-refractivity contribution in [1.29, 1.82) is 0 Å². The summed E-state index contributed by atoms with van der Waals surface area (Å²) in [5.74, 6) is -0.0507. The molecular weight excluding hydrogens is 264 g/mol. The Morgan fingerprint density at radius 3 is 2.74 bits per heavy atom. The first-order valence-electron chi connectivity index (χ1n) is 6.59. The van der Waals surface area contributed by atoms with Gasteiger partial charge in [-0.1, -0.05) is 13.3 Å². The number of aromatic nitrogens is 2. The second-order valence-corrected chi connectivity index (χ2v) is 4.69. The van der Waals surface area contributed by atoms with Crippen LogP contribution in [0.15, 0.2) is 6.07 Å². The maximum absolute atomic E-state index is 11.6. The van der Waals surface area contributed by atoms with Crippen molar-refractivity contribution in [2.45, 2.75) is 52.6 Å². The van der Waals surface area contributed by atoms with Gasteiger partial charge in [0.1, 0.15) is 0 Å². The third-order valence-corrected chi connectivity index (χ3v) is 2.89. The standard InChI is InChI=1S/C13H24N4O.ClH/c1-4-6-12(14)13(18)15-7-5-8-17-11(3)9-10(2)16-17;/h9,12H,4-8,14H2,1-3H3,(H,15,18);1H. The molecular formula is C13H25ClN4O. The lowest BCUT2D eigenvalue weighted by molar-refractivity contribution is -0.122. The summed E-state index contributed by atoms with van der Waals surface area (Å²) in [5.41, 5.74) is 7.90. The molecule has 0 aliphatic rings. The molecule has 0 saturated heterocycles. The van der Waals surface area contributed by atoms with E-state index in [1.54, 1.807) is 0 Å². The molecule has 110 valence electrons. The third-order valence-electron chi connectivity index (χ3n) is 2.89. The second kappa shape index (κ2) is 8.93. The van der Waals surface area contributed by atoms with Crippen LogP contribution < -0.4 is 11.1 Å². The zero-order valence-electron chi connectivity index (χ0n) is 12.0. The average molecular weight is 289 g/mol. The van der Waals surface area contributed by atoms with Gasteiger partial charge in [-0.2, -0.15) is 5.10 Å². The van der Waals surface area contributed by atoms with Crippen LogP contribution in [0.1, 0.15) is 37.6 Å². The van der Waals surface area contributed by atoms with Crippen LogP contribution in [-0.4, -0.2) is 28.3 Å². The smallest absolute Gasteiger partial charge is 0.236 e. The number of carbonyl (C=O) groups is 1. The first-order valence-corrected chi connectivity index (χ1v) is 6.59. The van der Waals surface area contributed by atoms with E-state index in [-0.39, 0.29) is 24.4 Å². The molecule has 0 fully saturated rings. The summed E-state index contributed by atoms with van der Waals surface area (Å²) in [5, 5.41) is 7.23. The molecule has 0 aromatic carbocycles. The van der Waals surface area contributed by atoms with Gasteiger partial charge in [-0.15, -0.1) is 12.4 Å². The number of rotatable bonds is 7. The Bertz CT molecular complexity index is 392. The van der Waals surface area contributed by atoms with Gasteiger partial charge in [0, 0.05) is 18.8 Å². The number of nitrogens with zero attached hydrogens (tertiary/aromatic N) is 2. The highest BCUT2D eigenvalue weighted by molar-refractivity contribution is 5.85. The van der Waals surface area contributed by atoms with Crippen molar-refractivity contribution < 1.29 is 4.79 Å². The van der Waals surface area contributed by atoms with Crippen molar-refractivity contribution in [3.63, 3.8) is 0 Å². The van der Waals surface area contributed by atoms with E-state index in [0.29, 0.717) is 6.54 Å². The molecule has 0 saturated carbocycles. The molecule has 1 aromatic heterocycles. The molecule has 6 heteroatoms. The lowest BCUT2D eigenvalue weighted by atomic mass is 10.2. The van der Waals surface area contributed by atoms with E-state index in [2.05, 4.69) is 16.5 Å². The summed E-state index contributed by atoms with van der Waals surface area (Å²) in [6, 6.07) is 1.68. The van der Waals surface area contributed by atoms with Crippen LogP contribution in [0.2, 0.25) is 0 Å². The first kappa shape index (κ1) is 17.9. The van der Waals surface area contributed by atoms with E-state index >= 15 is 0 Å². The number of halogens is 1. The van der Waals surface area contributed by atoms with Crippen LogP contribution in [0.4, 0.5) is 0 Å². The van der Waals surface area contributed by atoms with E-state index in [9.17, 15) is 4.79 Å². The number of hydrogen-bond acceptors (Lipinski definition) is 3. The first-order chi connectivity index (χ1) is 8.54. The second-order valence-electron chi connectivity index (χ2n) is 4.69. The van der Waals surface area contributed by atoms with Gasteiger partial charge >= 0.3 is 0 Å². The lowest BCUT2D eigenvalue weighted by Crippen LogP contribution is -2.40. The molecule has 1 rings (SSSR count). The number of carbonyl (C=O) groups excluding carboxylic acids is 1. The molecule has 0 aliphatic heterocycles. The largest absolute Gasteiger partial charge is 0.355 e. The highest BCUT2D eigenvalue weighted by Gasteiger charge is 2.10. The highest BCUT2D eigenvalue weighted by Crippen LogP contribution is 2.02. The van der Waals surface area contributed by atoms with Crippen molar-refractivity contribution >= 4 is 18.3 Å². The van der Waals surface area contributed by atoms with Crippen LogP contribution in [0.3, 0.4) is 0 Å². The van der Waals surface area contributed by atoms with E-state index in [1.807, 2.05) is 25.5 Å². The van der Waals surface area contributed by atoms with Crippen molar-refractivity contribution in [2.75, 3.05) is 6.54 Å². The molecule has 1 heterocycles. The van der Waals surface area contributed by atoms with Crippen LogP contribution in [-0.2, 0) is 11.3 Å². The Kier molecular flexibility index (Phi) is 8.43. The third kappa shape index (κ3) is 6.07. The Morgan fingerprint density at radius 1 is 1.53 bits per heavy atom. The fourth-order valence-electron chi connectivity index (χ4n) is 1.91. The van der Waals surface area contributed by atoms with Crippen LogP contribution in [0.25, 0.3) is 0 Å². The molecule has 0 aliphatic carbocycles. The minimum absolute atomic E-state index is 0. The normalized spacial score (nSPS) is 11.8. The van der Waals surface area contributed by atoms with Gasteiger partial charge in [0.2, 0.25) is 5.91 Å². The molecule has 5 nitrogen and oxygen atoms in total. The monoisotopic (exact) mass is 288 g/mol. The maximum atomic E-state index is 11.6. The Labute approximate surface area is 121 Å². The zero-order valence-corrected chi connectivity index (χ0v) is 12.8. The highest BCUT2D eigenvalue weighted by atomic mass is 35.5. The minimum atomic E-state index is -0.372. The van der Waals surface area contributed by atoms with Crippen molar-refractivity contribution in [2.24, 2.45) is 5.73 Å². The van der Waals surface area contributed by atoms with Gasteiger partial charge in [0.15, 0.2) is 0 Å². The summed E-state index contributed by atoms with van der Waals surface area (Å²) in [4.78, 5) is 11.6. The molecule has 0 spiro atoms. The summed E-state index contributed by atoms with van der Waals surface area (Å²) in [6.45, 7) is 7.51. The van der Waals surface area contributed by atoms with Gasteiger partial charge in [-0.3, -0.25) is 9.48 Å². The van der Waals surface area contributed by atoms with Crippen molar-refractivity contribution in [3.8, 4) is 0 Å². The average Bonchev–Trinajstić information content (AvgIpc) is 2.63. The SMILES string of the molecule is CCCC(N)C(=O)NCCCn1nc(C)cc1C.Cl. The Morgan fingerprint density at radius 2 is 2.21 bits per heavy atom. The van der Waals surface area contributed by atoms with E-state index < -0.39 is 0 Å². The topological polar surface area (TPSA) is 72.9 Å². The van der Waals surface area contributed by atoms with Crippen LogP contribution in [0, 0.1) is 13.8 Å². The molecule has 0 radical (unpaired) electrons. The van der Waals surface area contributed by atoms with E-state index in [1.165, 1.54) is 0 Å². The van der Waals surface area contributed by atoms with Crippen molar-refractivity contribution in [3.05, 3.63) is 17.5 Å². The quantitative estimate of drug-likeness (QED) is 0.748. The summed E-state index contributed by atoms with van der Waals surface area (Å²) in [7, 11) is 0. The summed E-state index contributed by atoms with van der Waals surface area (Å²) in [6.07, 6.45) is 2.54. The van der Waals surface area contributed by atoms with Crippen LogP contribution in [0.5, 0.6) is 0 Å². The number of nitrogens with two attached hydrogens (primary N) is 1. The molecule has 19 heavy (non-hydrogen) atoms. The molecule has 1 atom stereocenters. The molecule has 1 unspecified atom stereocenters. The number of hydrogen-bond donors (Lipinski definition) is 2. The van der Waals surface area contributed by atoms with E-state index in [4.69, 9.17) is 5.73 Å². The summed E-state index contributed by atoms with van der Waals surface area (Å²) < 4.78 is 1.97. The number of nitrogens with one attached hydrogen (secondary N) is 1. The molecule has 3 N–H and O–H groups in total.